The van der Waals surface area contributed by atoms with Crippen molar-refractivity contribution >= 4 is 29.2 Å². The van der Waals surface area contributed by atoms with Crippen LogP contribution in [0.25, 0.3) is 0 Å². The number of aliphatic imine (C=N–C) groups is 2. The van der Waals surface area contributed by atoms with Crippen molar-refractivity contribution in [3.8, 4) is 0 Å². The van der Waals surface area contributed by atoms with Crippen molar-refractivity contribution in [2.75, 3.05) is 4.90 Å². The van der Waals surface area contributed by atoms with Gasteiger partial charge in [-0.25, -0.2) is 4.99 Å². The third kappa shape index (κ3) is 2.88. The normalized spacial score (nSPS) is 25.5. The molecule has 0 radical (unpaired) electrons. The number of nitrogens with zero attached hydrogens (tertiary/aromatic N) is 3. The van der Waals surface area contributed by atoms with Crippen molar-refractivity contribution in [2.24, 2.45) is 27.4 Å². The molecule has 110 valence electrons. The SMILES string of the molecule is NC1=NC(C2CC=CCC2)N(c2ccc(Cl)cc2)C(N)=N1. The van der Waals surface area contributed by atoms with Crippen LogP contribution < -0.4 is 16.4 Å². The van der Waals surface area contributed by atoms with Crippen molar-refractivity contribution in [3.63, 3.8) is 0 Å². The summed E-state index contributed by atoms with van der Waals surface area (Å²) in [6.45, 7) is 0. The van der Waals surface area contributed by atoms with E-state index in [9.17, 15) is 0 Å². The van der Waals surface area contributed by atoms with Gasteiger partial charge < -0.3 is 11.5 Å². The number of guanidine groups is 2. The van der Waals surface area contributed by atoms with Gasteiger partial charge in [-0.1, -0.05) is 23.8 Å². The lowest BCUT2D eigenvalue weighted by Gasteiger charge is -2.37. The molecular formula is C15H18ClN5. The molecule has 2 unspecified atom stereocenters. The lowest BCUT2D eigenvalue weighted by molar-refractivity contribution is 0.394. The van der Waals surface area contributed by atoms with E-state index in [1.54, 1.807) is 0 Å². The molecule has 0 amide bonds. The van der Waals surface area contributed by atoms with E-state index in [1.165, 1.54) is 0 Å². The Kier molecular flexibility index (Phi) is 3.84. The van der Waals surface area contributed by atoms with Gasteiger partial charge >= 0.3 is 0 Å². The molecule has 2 atom stereocenters. The first-order valence-corrected chi connectivity index (χ1v) is 7.40. The summed E-state index contributed by atoms with van der Waals surface area (Å²) in [4.78, 5) is 10.6. The van der Waals surface area contributed by atoms with Gasteiger partial charge in [-0.05, 0) is 43.5 Å². The van der Waals surface area contributed by atoms with E-state index >= 15 is 0 Å². The molecule has 0 saturated carbocycles. The largest absolute Gasteiger partial charge is 0.369 e. The van der Waals surface area contributed by atoms with Crippen LogP contribution in [0.15, 0.2) is 46.4 Å². The zero-order valence-electron chi connectivity index (χ0n) is 11.6. The van der Waals surface area contributed by atoms with Crippen LogP contribution in [0.2, 0.25) is 5.02 Å². The molecule has 3 rings (SSSR count). The summed E-state index contributed by atoms with van der Waals surface area (Å²) in [6, 6.07) is 7.52. The summed E-state index contributed by atoms with van der Waals surface area (Å²) in [5.41, 5.74) is 12.8. The van der Waals surface area contributed by atoms with Crippen molar-refractivity contribution in [2.45, 2.75) is 25.4 Å². The Morgan fingerprint density at radius 2 is 1.90 bits per heavy atom. The Balaban J connectivity index is 1.96. The Morgan fingerprint density at radius 1 is 1.14 bits per heavy atom. The van der Waals surface area contributed by atoms with Gasteiger partial charge in [0.05, 0.1) is 0 Å². The minimum absolute atomic E-state index is 0.117. The molecule has 5 nitrogen and oxygen atoms in total. The second kappa shape index (κ2) is 5.77. The predicted molar refractivity (Wildman–Crippen MR) is 87.4 cm³/mol. The lowest BCUT2D eigenvalue weighted by atomic mass is 9.90. The summed E-state index contributed by atoms with van der Waals surface area (Å²) < 4.78 is 0. The molecule has 1 aliphatic carbocycles. The average Bonchev–Trinajstić information content (AvgIpc) is 2.49. The van der Waals surface area contributed by atoms with Crippen LogP contribution in [0.5, 0.6) is 0 Å². The minimum atomic E-state index is -0.117. The van der Waals surface area contributed by atoms with E-state index in [4.69, 9.17) is 23.1 Å². The van der Waals surface area contributed by atoms with Gasteiger partial charge in [0.15, 0.2) is 0 Å². The Labute approximate surface area is 129 Å². The van der Waals surface area contributed by atoms with E-state index in [2.05, 4.69) is 22.1 Å². The fourth-order valence-corrected chi connectivity index (χ4v) is 2.95. The van der Waals surface area contributed by atoms with E-state index < -0.39 is 0 Å². The second-order valence-electron chi connectivity index (χ2n) is 5.26. The predicted octanol–water partition coefficient (Wildman–Crippen LogP) is 2.47. The molecule has 21 heavy (non-hydrogen) atoms. The van der Waals surface area contributed by atoms with Crippen LogP contribution in [0.3, 0.4) is 0 Å². The number of halogens is 1. The molecule has 1 aromatic rings. The van der Waals surface area contributed by atoms with Gasteiger partial charge in [-0.3, -0.25) is 4.90 Å². The summed E-state index contributed by atoms with van der Waals surface area (Å²) in [5, 5.41) is 0.687. The maximum absolute atomic E-state index is 6.10. The summed E-state index contributed by atoms with van der Waals surface area (Å²) in [6.07, 6.45) is 7.38. The molecular weight excluding hydrogens is 286 g/mol. The molecule has 0 saturated heterocycles. The highest BCUT2D eigenvalue weighted by atomic mass is 35.5. The highest BCUT2D eigenvalue weighted by molar-refractivity contribution is 6.30. The van der Waals surface area contributed by atoms with Crippen LogP contribution in [0.1, 0.15) is 19.3 Å². The number of nitrogens with two attached hydrogens (primary N) is 2. The van der Waals surface area contributed by atoms with Crippen LogP contribution in [0.4, 0.5) is 5.69 Å². The molecule has 0 bridgehead atoms. The average molecular weight is 304 g/mol. The summed E-state index contributed by atoms with van der Waals surface area (Å²) in [5.74, 6) is 1.000. The third-order valence-electron chi connectivity index (χ3n) is 3.84. The van der Waals surface area contributed by atoms with Crippen molar-refractivity contribution in [1.29, 1.82) is 0 Å². The maximum Gasteiger partial charge on any atom is 0.220 e. The van der Waals surface area contributed by atoms with E-state index in [0.717, 1.165) is 24.9 Å². The molecule has 1 aliphatic heterocycles. The first-order valence-electron chi connectivity index (χ1n) is 7.02. The Bertz CT molecular complexity index is 605. The van der Waals surface area contributed by atoms with Gasteiger partial charge in [0.1, 0.15) is 6.17 Å². The Morgan fingerprint density at radius 3 is 2.57 bits per heavy atom. The van der Waals surface area contributed by atoms with Crippen LogP contribution in [-0.4, -0.2) is 18.1 Å². The molecule has 0 spiro atoms. The standard InChI is InChI=1S/C15H18ClN5/c16-11-6-8-12(9-7-11)21-13(10-4-2-1-3-5-10)19-14(17)20-15(21)18/h1-2,6-10,13H,3-5H2,(H4,17,18,19,20). The molecule has 1 aromatic carbocycles. The fraction of sp³-hybridized carbons (Fsp3) is 0.333. The fourth-order valence-electron chi connectivity index (χ4n) is 2.82. The zero-order valence-corrected chi connectivity index (χ0v) is 12.4. The third-order valence-corrected chi connectivity index (χ3v) is 4.09. The van der Waals surface area contributed by atoms with Gasteiger partial charge in [-0.2, -0.15) is 4.99 Å². The molecule has 2 aliphatic rings. The molecule has 6 heteroatoms. The maximum atomic E-state index is 6.10. The van der Waals surface area contributed by atoms with Crippen LogP contribution in [0, 0.1) is 5.92 Å². The highest BCUT2D eigenvalue weighted by Gasteiger charge is 2.32. The molecule has 4 N–H and O–H groups in total. The number of benzene rings is 1. The molecule has 0 aromatic heterocycles. The number of rotatable bonds is 2. The second-order valence-corrected chi connectivity index (χ2v) is 5.70. The van der Waals surface area contributed by atoms with Crippen molar-refractivity contribution in [3.05, 3.63) is 41.4 Å². The number of allylic oxidation sites excluding steroid dienone is 2. The molecule has 1 heterocycles. The van der Waals surface area contributed by atoms with Gasteiger partial charge in [0.2, 0.25) is 11.9 Å². The highest BCUT2D eigenvalue weighted by Crippen LogP contribution is 2.31. The topological polar surface area (TPSA) is 80.0 Å². The molecule has 0 fully saturated rings. The first kappa shape index (κ1) is 13.9. The lowest BCUT2D eigenvalue weighted by Crippen LogP contribution is -2.51. The smallest absolute Gasteiger partial charge is 0.220 e. The van der Waals surface area contributed by atoms with Gasteiger partial charge in [0, 0.05) is 16.6 Å². The van der Waals surface area contributed by atoms with Crippen molar-refractivity contribution in [1.82, 2.24) is 0 Å². The first-order chi connectivity index (χ1) is 10.1. The van der Waals surface area contributed by atoms with E-state index in [0.29, 0.717) is 16.9 Å². The van der Waals surface area contributed by atoms with Crippen LogP contribution in [-0.2, 0) is 0 Å². The van der Waals surface area contributed by atoms with E-state index in [1.807, 2.05) is 29.2 Å². The van der Waals surface area contributed by atoms with Gasteiger partial charge in [0.25, 0.3) is 0 Å². The van der Waals surface area contributed by atoms with Crippen molar-refractivity contribution < 1.29 is 0 Å². The Hall–Kier alpha value is -2.01. The zero-order chi connectivity index (χ0) is 14.8. The monoisotopic (exact) mass is 303 g/mol. The summed E-state index contributed by atoms with van der Waals surface area (Å²) in [7, 11) is 0. The number of anilines is 1. The minimum Gasteiger partial charge on any atom is -0.369 e. The van der Waals surface area contributed by atoms with Crippen LogP contribution >= 0.6 is 11.6 Å². The van der Waals surface area contributed by atoms with Gasteiger partial charge in [-0.15, -0.1) is 0 Å². The van der Waals surface area contributed by atoms with E-state index in [-0.39, 0.29) is 12.1 Å². The summed E-state index contributed by atoms with van der Waals surface area (Å²) >= 11 is 5.96. The number of hydrogen-bond donors (Lipinski definition) is 2. The quantitative estimate of drug-likeness (QED) is 0.824. The number of hydrogen-bond acceptors (Lipinski definition) is 5.